The van der Waals surface area contributed by atoms with Crippen LogP contribution in [0.15, 0.2) is 24.3 Å². The van der Waals surface area contributed by atoms with Crippen LogP contribution < -0.4 is 10.1 Å². The van der Waals surface area contributed by atoms with Gasteiger partial charge in [-0.15, -0.1) is 0 Å². The molecule has 0 amide bonds. The SMILES string of the molecule is CCNC1CC2(CC(C(C)C)C2)Oc2ccccc21. The second kappa shape index (κ2) is 4.82. The molecule has 1 saturated carbocycles. The Bertz CT molecular complexity index is 448. The van der Waals surface area contributed by atoms with Crippen LogP contribution >= 0.6 is 0 Å². The first-order chi connectivity index (χ1) is 9.13. The predicted octanol–water partition coefficient (Wildman–Crippen LogP) is 3.92. The summed E-state index contributed by atoms with van der Waals surface area (Å²) >= 11 is 0. The zero-order valence-corrected chi connectivity index (χ0v) is 12.3. The molecule has 104 valence electrons. The smallest absolute Gasteiger partial charge is 0.124 e. The Balaban J connectivity index is 1.82. The molecule has 1 aliphatic heterocycles. The number of fused-ring (bicyclic) bond motifs is 1. The van der Waals surface area contributed by atoms with E-state index in [0.717, 1.165) is 30.6 Å². The molecular weight excluding hydrogens is 234 g/mol. The van der Waals surface area contributed by atoms with Gasteiger partial charge in [0.05, 0.1) is 0 Å². The minimum Gasteiger partial charge on any atom is -0.487 e. The third-order valence-electron chi connectivity index (χ3n) is 4.86. The van der Waals surface area contributed by atoms with E-state index in [9.17, 15) is 0 Å². The minimum absolute atomic E-state index is 0.107. The molecule has 19 heavy (non-hydrogen) atoms. The maximum Gasteiger partial charge on any atom is 0.124 e. The van der Waals surface area contributed by atoms with Gasteiger partial charge < -0.3 is 10.1 Å². The monoisotopic (exact) mass is 259 g/mol. The number of rotatable bonds is 3. The molecule has 1 N–H and O–H groups in total. The van der Waals surface area contributed by atoms with E-state index in [1.165, 1.54) is 18.4 Å². The summed E-state index contributed by atoms with van der Waals surface area (Å²) < 4.78 is 6.37. The van der Waals surface area contributed by atoms with Crippen LogP contribution in [0.2, 0.25) is 0 Å². The number of nitrogens with one attached hydrogen (secondary N) is 1. The van der Waals surface area contributed by atoms with Gasteiger partial charge >= 0.3 is 0 Å². The van der Waals surface area contributed by atoms with Crippen LogP contribution in [0.5, 0.6) is 5.75 Å². The molecule has 1 unspecified atom stereocenters. The molecule has 0 aromatic heterocycles. The molecule has 3 rings (SSSR count). The molecule has 1 spiro atoms. The zero-order chi connectivity index (χ0) is 13.5. The summed E-state index contributed by atoms with van der Waals surface area (Å²) in [7, 11) is 0. The van der Waals surface area contributed by atoms with E-state index >= 15 is 0 Å². The van der Waals surface area contributed by atoms with Crippen LogP contribution in [0.3, 0.4) is 0 Å². The largest absolute Gasteiger partial charge is 0.487 e. The third kappa shape index (κ3) is 2.27. The van der Waals surface area contributed by atoms with Crippen molar-refractivity contribution < 1.29 is 4.74 Å². The summed E-state index contributed by atoms with van der Waals surface area (Å²) in [5.41, 5.74) is 1.44. The van der Waals surface area contributed by atoms with Crippen molar-refractivity contribution in [3.8, 4) is 5.75 Å². The van der Waals surface area contributed by atoms with Gasteiger partial charge in [0.2, 0.25) is 0 Å². The second-order valence-corrected chi connectivity index (χ2v) is 6.55. The molecule has 1 aliphatic carbocycles. The highest BCUT2D eigenvalue weighted by Gasteiger charge is 2.51. The quantitative estimate of drug-likeness (QED) is 0.888. The lowest BCUT2D eigenvalue weighted by Gasteiger charge is -2.53. The van der Waals surface area contributed by atoms with Crippen molar-refractivity contribution in [2.75, 3.05) is 6.54 Å². The fourth-order valence-corrected chi connectivity index (χ4v) is 3.66. The van der Waals surface area contributed by atoms with Crippen LogP contribution in [0.25, 0.3) is 0 Å². The van der Waals surface area contributed by atoms with Gasteiger partial charge in [-0.05, 0) is 37.3 Å². The molecule has 2 nitrogen and oxygen atoms in total. The highest BCUT2D eigenvalue weighted by atomic mass is 16.5. The first kappa shape index (κ1) is 13.0. The Labute approximate surface area is 116 Å². The third-order valence-corrected chi connectivity index (χ3v) is 4.86. The molecule has 2 aliphatic rings. The molecule has 0 bridgehead atoms. The van der Waals surface area contributed by atoms with Gasteiger partial charge in [0.15, 0.2) is 0 Å². The summed E-state index contributed by atoms with van der Waals surface area (Å²) in [4.78, 5) is 0. The first-order valence-corrected chi connectivity index (χ1v) is 7.65. The molecule has 0 saturated heterocycles. The van der Waals surface area contributed by atoms with E-state index in [2.05, 4.69) is 50.4 Å². The molecule has 1 fully saturated rings. The predicted molar refractivity (Wildman–Crippen MR) is 78.4 cm³/mol. The van der Waals surface area contributed by atoms with Crippen molar-refractivity contribution in [2.24, 2.45) is 11.8 Å². The summed E-state index contributed by atoms with van der Waals surface area (Å²) in [6.45, 7) is 7.86. The Morgan fingerprint density at radius 1 is 1.26 bits per heavy atom. The van der Waals surface area contributed by atoms with E-state index in [0.29, 0.717) is 6.04 Å². The molecular formula is C17H25NO. The topological polar surface area (TPSA) is 21.3 Å². The fourth-order valence-electron chi connectivity index (χ4n) is 3.66. The molecule has 1 atom stereocenters. The van der Waals surface area contributed by atoms with Gasteiger partial charge in [-0.25, -0.2) is 0 Å². The van der Waals surface area contributed by atoms with E-state index in [1.54, 1.807) is 0 Å². The van der Waals surface area contributed by atoms with Crippen LogP contribution in [0.1, 0.15) is 51.6 Å². The van der Waals surface area contributed by atoms with Gasteiger partial charge in [0.1, 0.15) is 11.4 Å². The molecule has 0 radical (unpaired) electrons. The highest BCUT2D eigenvalue weighted by molar-refractivity contribution is 5.39. The van der Waals surface area contributed by atoms with Gasteiger partial charge in [0, 0.05) is 18.0 Å². The molecule has 1 heterocycles. The van der Waals surface area contributed by atoms with Crippen molar-refractivity contribution in [1.82, 2.24) is 5.32 Å². The molecule has 1 aromatic carbocycles. The van der Waals surface area contributed by atoms with Crippen LogP contribution in [0.4, 0.5) is 0 Å². The Kier molecular flexibility index (Phi) is 3.30. The average molecular weight is 259 g/mol. The summed E-state index contributed by atoms with van der Waals surface area (Å²) in [6, 6.07) is 8.99. The maximum absolute atomic E-state index is 6.37. The van der Waals surface area contributed by atoms with E-state index in [1.807, 2.05) is 0 Å². The van der Waals surface area contributed by atoms with Crippen molar-refractivity contribution in [3.63, 3.8) is 0 Å². The molecule has 2 heteroatoms. The van der Waals surface area contributed by atoms with Crippen LogP contribution in [0, 0.1) is 11.8 Å². The normalized spacial score (nSPS) is 32.8. The lowest BCUT2D eigenvalue weighted by Crippen LogP contribution is -2.54. The van der Waals surface area contributed by atoms with Gasteiger partial charge in [-0.3, -0.25) is 0 Å². The second-order valence-electron chi connectivity index (χ2n) is 6.55. The number of para-hydroxylation sites is 1. The number of hydrogen-bond donors (Lipinski definition) is 1. The Morgan fingerprint density at radius 2 is 2.00 bits per heavy atom. The number of ether oxygens (including phenoxy) is 1. The van der Waals surface area contributed by atoms with Gasteiger partial charge in [0.25, 0.3) is 0 Å². The fraction of sp³-hybridized carbons (Fsp3) is 0.647. The van der Waals surface area contributed by atoms with Gasteiger partial charge in [-0.1, -0.05) is 39.0 Å². The van der Waals surface area contributed by atoms with Crippen LogP contribution in [-0.4, -0.2) is 12.1 Å². The first-order valence-electron chi connectivity index (χ1n) is 7.65. The summed E-state index contributed by atoms with van der Waals surface area (Å²) in [6.07, 6.45) is 3.57. The Hall–Kier alpha value is -1.02. The van der Waals surface area contributed by atoms with Crippen molar-refractivity contribution in [1.29, 1.82) is 0 Å². The van der Waals surface area contributed by atoms with Crippen molar-refractivity contribution in [3.05, 3.63) is 29.8 Å². The highest BCUT2D eigenvalue weighted by Crippen LogP contribution is 2.53. The standard InChI is InChI=1S/C17H25NO/c1-4-18-15-11-17(9-13(10-17)12(2)3)19-16-8-6-5-7-14(15)16/h5-8,12-13,15,18H,4,9-11H2,1-3H3. The van der Waals surface area contributed by atoms with Crippen molar-refractivity contribution in [2.45, 2.75) is 51.7 Å². The Morgan fingerprint density at radius 3 is 2.68 bits per heavy atom. The van der Waals surface area contributed by atoms with E-state index < -0.39 is 0 Å². The summed E-state index contributed by atoms with van der Waals surface area (Å²) in [5.74, 6) is 2.72. The lowest BCUT2D eigenvalue weighted by atomic mass is 9.62. The van der Waals surface area contributed by atoms with Crippen LogP contribution in [-0.2, 0) is 0 Å². The lowest BCUT2D eigenvalue weighted by molar-refractivity contribution is -0.0872. The van der Waals surface area contributed by atoms with Crippen molar-refractivity contribution >= 4 is 0 Å². The zero-order valence-electron chi connectivity index (χ0n) is 12.3. The van der Waals surface area contributed by atoms with E-state index in [4.69, 9.17) is 4.74 Å². The minimum atomic E-state index is 0.107. The molecule has 1 aromatic rings. The van der Waals surface area contributed by atoms with Gasteiger partial charge in [-0.2, -0.15) is 0 Å². The maximum atomic E-state index is 6.37. The number of hydrogen-bond acceptors (Lipinski definition) is 2. The average Bonchev–Trinajstić information content (AvgIpc) is 2.35. The van der Waals surface area contributed by atoms with E-state index in [-0.39, 0.29) is 5.60 Å². The summed E-state index contributed by atoms with van der Waals surface area (Å²) in [5, 5.41) is 3.63. The number of benzene rings is 1.